The molecule has 4 aromatic rings. The molecule has 0 amide bonds. The zero-order valence-electron chi connectivity index (χ0n) is 18.7. The molecule has 0 saturated heterocycles. The number of rotatable bonds is 6. The molecule has 0 bridgehead atoms. The highest BCUT2D eigenvalue weighted by Gasteiger charge is 2.29. The van der Waals surface area contributed by atoms with Gasteiger partial charge in [0.25, 0.3) is 0 Å². The molecule has 0 radical (unpaired) electrons. The first-order valence-corrected chi connectivity index (χ1v) is 12.9. The van der Waals surface area contributed by atoms with Gasteiger partial charge in [-0.1, -0.05) is 36.8 Å². The van der Waals surface area contributed by atoms with Crippen molar-refractivity contribution in [1.82, 2.24) is 4.98 Å². The summed E-state index contributed by atoms with van der Waals surface area (Å²) < 4.78 is 1.19. The van der Waals surface area contributed by atoms with E-state index in [0.717, 1.165) is 16.6 Å². The number of benzene rings is 2. The lowest BCUT2D eigenvalue weighted by Crippen LogP contribution is -2.15. The Balaban J connectivity index is 1.74. The van der Waals surface area contributed by atoms with Gasteiger partial charge in [0.2, 0.25) is 0 Å². The molecule has 0 unspecified atom stereocenters. The first-order valence-electron chi connectivity index (χ1n) is 11.2. The van der Waals surface area contributed by atoms with Crippen LogP contribution < -0.4 is 0 Å². The third-order valence-corrected chi connectivity index (χ3v) is 8.13. The molecule has 0 spiro atoms. The number of thiazole rings is 1. The molecule has 2 heterocycles. The molecule has 2 aromatic carbocycles. The highest BCUT2D eigenvalue weighted by atomic mass is 32.1. The number of aromatic nitrogens is 1. The van der Waals surface area contributed by atoms with E-state index in [2.05, 4.69) is 55.2 Å². The van der Waals surface area contributed by atoms with Crippen molar-refractivity contribution in [2.75, 3.05) is 0 Å². The van der Waals surface area contributed by atoms with Crippen LogP contribution in [0.3, 0.4) is 0 Å². The van der Waals surface area contributed by atoms with Crippen LogP contribution in [0.4, 0.5) is 0 Å². The Hall–Kier alpha value is -3.02. The minimum atomic E-state index is -0.938. The van der Waals surface area contributed by atoms with Gasteiger partial charge in [0.05, 0.1) is 15.7 Å². The average molecular weight is 472 g/mol. The van der Waals surface area contributed by atoms with Gasteiger partial charge < -0.3 is 5.11 Å². The largest absolute Gasteiger partial charge is 0.478 e. The van der Waals surface area contributed by atoms with Crippen LogP contribution >= 0.6 is 22.7 Å². The van der Waals surface area contributed by atoms with E-state index >= 15 is 0 Å². The van der Waals surface area contributed by atoms with Gasteiger partial charge in [-0.3, -0.25) is 0 Å². The lowest BCUT2D eigenvalue weighted by atomic mass is 9.73. The monoisotopic (exact) mass is 471 g/mol. The summed E-state index contributed by atoms with van der Waals surface area (Å²) in [5.41, 5.74) is 10.2. The van der Waals surface area contributed by atoms with Gasteiger partial charge in [-0.05, 0) is 90.3 Å². The van der Waals surface area contributed by atoms with Crippen LogP contribution in [0.5, 0.6) is 0 Å². The number of hydrogen-bond acceptors (Lipinski definition) is 4. The van der Waals surface area contributed by atoms with E-state index in [4.69, 9.17) is 5.11 Å². The minimum Gasteiger partial charge on any atom is -0.478 e. The Kier molecular flexibility index (Phi) is 6.00. The average Bonchev–Trinajstić information content (AvgIpc) is 3.36. The zero-order chi connectivity index (χ0) is 22.9. The molecule has 1 N–H and O–H groups in total. The van der Waals surface area contributed by atoms with E-state index in [0.29, 0.717) is 5.92 Å². The molecule has 2 aromatic heterocycles. The van der Waals surface area contributed by atoms with Crippen molar-refractivity contribution in [1.29, 1.82) is 0 Å². The van der Waals surface area contributed by atoms with Crippen molar-refractivity contribution in [3.63, 3.8) is 0 Å². The van der Waals surface area contributed by atoms with Gasteiger partial charge >= 0.3 is 5.97 Å². The van der Waals surface area contributed by atoms with Gasteiger partial charge in [-0.2, -0.15) is 0 Å². The molecular weight excluding hydrogens is 446 g/mol. The van der Waals surface area contributed by atoms with Crippen molar-refractivity contribution < 1.29 is 9.90 Å². The maximum Gasteiger partial charge on any atom is 0.328 e. The van der Waals surface area contributed by atoms with E-state index < -0.39 is 5.97 Å². The van der Waals surface area contributed by atoms with Crippen LogP contribution in [0.15, 0.2) is 60.1 Å². The first kappa shape index (κ1) is 21.8. The highest BCUT2D eigenvalue weighted by Crippen LogP contribution is 2.47. The van der Waals surface area contributed by atoms with E-state index in [1.165, 1.54) is 62.1 Å². The van der Waals surface area contributed by atoms with Gasteiger partial charge in [-0.15, -0.1) is 22.7 Å². The van der Waals surface area contributed by atoms with Crippen LogP contribution in [0, 0.1) is 19.8 Å². The normalized spacial score (nSPS) is 15.1. The third kappa shape index (κ3) is 4.43. The fraction of sp³-hybridized carbons (Fsp3) is 0.214. The first-order chi connectivity index (χ1) is 16.0. The Bertz CT molecular complexity index is 1390. The minimum absolute atomic E-state index is 0.547. The molecule has 1 saturated carbocycles. The van der Waals surface area contributed by atoms with Gasteiger partial charge in [-0.25, -0.2) is 9.78 Å². The summed E-state index contributed by atoms with van der Waals surface area (Å²) in [5, 5.41) is 8.96. The molecule has 0 aliphatic heterocycles. The van der Waals surface area contributed by atoms with Crippen molar-refractivity contribution in [3.05, 3.63) is 92.1 Å². The second-order valence-electron chi connectivity index (χ2n) is 8.57. The van der Waals surface area contributed by atoms with Crippen molar-refractivity contribution in [3.8, 4) is 0 Å². The highest BCUT2D eigenvalue weighted by molar-refractivity contribution is 7.16. The fourth-order valence-corrected chi connectivity index (χ4v) is 6.17. The topological polar surface area (TPSA) is 50.2 Å². The maximum atomic E-state index is 10.9. The van der Waals surface area contributed by atoms with Crippen molar-refractivity contribution >= 4 is 56.1 Å². The SMILES string of the molecule is Cc1cc(C(=C(c2ccc(C=CC(=O)O)cc2)c2ccc3scnc3c2)C2CCC2)c(C)s1. The maximum absolute atomic E-state index is 10.9. The number of allylic oxidation sites excluding steroid dienone is 1. The number of hydrogen-bond donors (Lipinski definition) is 1. The molecular formula is C28H25NO2S2. The van der Waals surface area contributed by atoms with Crippen molar-refractivity contribution in [2.45, 2.75) is 33.1 Å². The summed E-state index contributed by atoms with van der Waals surface area (Å²) in [6, 6.07) is 17.2. The van der Waals surface area contributed by atoms with E-state index in [-0.39, 0.29) is 0 Å². The lowest BCUT2D eigenvalue weighted by Gasteiger charge is -2.31. The predicted octanol–water partition coefficient (Wildman–Crippen LogP) is 7.83. The van der Waals surface area contributed by atoms with Gasteiger partial charge in [0.1, 0.15) is 0 Å². The third-order valence-electron chi connectivity index (χ3n) is 6.35. The summed E-state index contributed by atoms with van der Waals surface area (Å²) in [7, 11) is 0. The lowest BCUT2D eigenvalue weighted by molar-refractivity contribution is -0.131. The number of thiophene rings is 1. The number of carboxylic acids is 1. The predicted molar refractivity (Wildman–Crippen MR) is 140 cm³/mol. The summed E-state index contributed by atoms with van der Waals surface area (Å²) in [6.07, 6.45) is 6.51. The Morgan fingerprint density at radius 1 is 1.06 bits per heavy atom. The van der Waals surface area contributed by atoms with Crippen molar-refractivity contribution in [2.24, 2.45) is 5.92 Å². The van der Waals surface area contributed by atoms with E-state index in [1.54, 1.807) is 17.4 Å². The quantitative estimate of drug-likeness (QED) is 0.292. The second kappa shape index (κ2) is 9.08. The van der Waals surface area contributed by atoms with Crippen LogP contribution in [-0.4, -0.2) is 16.1 Å². The molecule has 1 aliphatic carbocycles. The molecule has 3 nitrogen and oxygen atoms in total. The Labute approximate surface area is 201 Å². The van der Waals surface area contributed by atoms with Crippen LogP contribution in [0.2, 0.25) is 0 Å². The summed E-state index contributed by atoms with van der Waals surface area (Å²) in [4.78, 5) is 18.2. The number of nitrogens with zero attached hydrogens (tertiary/aromatic N) is 1. The smallest absolute Gasteiger partial charge is 0.328 e. The summed E-state index contributed by atoms with van der Waals surface area (Å²) in [5.74, 6) is -0.391. The Morgan fingerprint density at radius 3 is 2.45 bits per heavy atom. The number of aryl methyl sites for hydroxylation is 2. The van der Waals surface area contributed by atoms with Crippen LogP contribution in [0.25, 0.3) is 27.4 Å². The van der Waals surface area contributed by atoms with Gasteiger partial charge in [0, 0.05) is 15.8 Å². The number of carbonyl (C=O) groups is 1. The molecule has 166 valence electrons. The van der Waals surface area contributed by atoms with E-state index in [9.17, 15) is 4.79 Å². The zero-order valence-corrected chi connectivity index (χ0v) is 20.3. The number of carboxylic acid groups (broad SMARTS) is 1. The number of fused-ring (bicyclic) bond motifs is 1. The Morgan fingerprint density at radius 2 is 1.82 bits per heavy atom. The van der Waals surface area contributed by atoms with Crippen LogP contribution in [-0.2, 0) is 4.79 Å². The second-order valence-corrected chi connectivity index (χ2v) is 10.9. The molecule has 0 atom stereocenters. The molecule has 5 heteroatoms. The number of aliphatic carboxylic acids is 1. The van der Waals surface area contributed by atoms with Crippen LogP contribution in [0.1, 0.15) is 51.3 Å². The van der Waals surface area contributed by atoms with E-state index in [1.807, 2.05) is 29.0 Å². The molecule has 33 heavy (non-hydrogen) atoms. The molecule has 5 rings (SSSR count). The summed E-state index contributed by atoms with van der Waals surface area (Å²) in [6.45, 7) is 4.41. The summed E-state index contributed by atoms with van der Waals surface area (Å²) >= 11 is 3.53. The molecule has 1 aliphatic rings. The molecule has 1 fully saturated rings. The fourth-order valence-electron chi connectivity index (χ4n) is 4.57. The van der Waals surface area contributed by atoms with Gasteiger partial charge in [0.15, 0.2) is 0 Å². The standard InChI is InChI=1S/C28H25NO2S2/c1-17-14-23(18(2)33-17)28(20-4-3-5-20)27(22-11-12-25-24(15-22)29-16-32-25)21-9-6-19(7-10-21)8-13-26(30)31/h6-16,20H,3-5H2,1-2H3,(H,30,31).